The van der Waals surface area contributed by atoms with Crippen molar-refractivity contribution >= 4 is 23.1 Å². The molecule has 6 nitrogen and oxygen atoms in total. The van der Waals surface area contributed by atoms with Crippen LogP contribution < -0.4 is 20.1 Å². The molecule has 2 aromatic carbocycles. The van der Waals surface area contributed by atoms with Crippen LogP contribution in [0.2, 0.25) is 0 Å². The standard InChI is InChI=1S/C20H17F2N3O3/c1-27-17-4-2-3-5-18(17)28-12-20(26)24-14-7-9-19(23-11-14)25-16-8-6-13(21)10-15(16)22/h2-11H,12H2,1H3,(H,23,25)(H,24,26). The number of benzene rings is 2. The van der Waals surface area contributed by atoms with Gasteiger partial charge in [0.25, 0.3) is 5.91 Å². The molecule has 1 amide bonds. The van der Waals surface area contributed by atoms with E-state index in [1.165, 1.54) is 19.4 Å². The predicted octanol–water partition coefficient (Wildman–Crippen LogP) is 4.13. The van der Waals surface area contributed by atoms with Crippen molar-refractivity contribution < 1.29 is 23.0 Å². The Kier molecular flexibility index (Phi) is 6.01. The normalized spacial score (nSPS) is 10.2. The summed E-state index contributed by atoms with van der Waals surface area (Å²) in [6, 6.07) is 13.3. The van der Waals surface area contributed by atoms with E-state index < -0.39 is 11.6 Å². The molecule has 0 spiro atoms. The van der Waals surface area contributed by atoms with Gasteiger partial charge in [-0.3, -0.25) is 4.79 Å². The van der Waals surface area contributed by atoms with Crippen LogP contribution >= 0.6 is 0 Å². The zero-order valence-corrected chi connectivity index (χ0v) is 14.9. The van der Waals surface area contributed by atoms with Gasteiger partial charge in [0.05, 0.1) is 24.7 Å². The third-order valence-electron chi connectivity index (χ3n) is 3.67. The fourth-order valence-electron chi connectivity index (χ4n) is 2.35. The monoisotopic (exact) mass is 385 g/mol. The van der Waals surface area contributed by atoms with E-state index >= 15 is 0 Å². The minimum Gasteiger partial charge on any atom is -0.493 e. The van der Waals surface area contributed by atoms with Gasteiger partial charge in [-0.1, -0.05) is 12.1 Å². The smallest absolute Gasteiger partial charge is 0.262 e. The Morgan fingerprint density at radius 2 is 1.86 bits per heavy atom. The molecule has 0 saturated carbocycles. The van der Waals surface area contributed by atoms with E-state index in [1.54, 1.807) is 36.4 Å². The summed E-state index contributed by atoms with van der Waals surface area (Å²) in [6.45, 7) is -0.207. The lowest BCUT2D eigenvalue weighted by atomic mass is 10.3. The van der Waals surface area contributed by atoms with Gasteiger partial charge in [-0.15, -0.1) is 0 Å². The van der Waals surface area contributed by atoms with Crippen molar-refractivity contribution in [1.82, 2.24) is 4.98 Å². The van der Waals surface area contributed by atoms with Crippen LogP contribution in [0, 0.1) is 11.6 Å². The van der Waals surface area contributed by atoms with Crippen molar-refractivity contribution in [3.05, 3.63) is 72.4 Å². The van der Waals surface area contributed by atoms with E-state index in [2.05, 4.69) is 15.6 Å². The van der Waals surface area contributed by atoms with Crippen molar-refractivity contribution in [3.8, 4) is 11.5 Å². The Hall–Kier alpha value is -3.68. The van der Waals surface area contributed by atoms with Crippen molar-refractivity contribution in [2.45, 2.75) is 0 Å². The lowest BCUT2D eigenvalue weighted by Crippen LogP contribution is -2.20. The molecule has 0 saturated heterocycles. The quantitative estimate of drug-likeness (QED) is 0.640. The number of rotatable bonds is 7. The first-order valence-corrected chi connectivity index (χ1v) is 8.29. The maximum atomic E-state index is 13.7. The highest BCUT2D eigenvalue weighted by molar-refractivity contribution is 5.91. The van der Waals surface area contributed by atoms with Gasteiger partial charge in [0.1, 0.15) is 17.5 Å². The first-order valence-electron chi connectivity index (χ1n) is 8.29. The minimum atomic E-state index is -0.729. The predicted molar refractivity (Wildman–Crippen MR) is 101 cm³/mol. The third kappa shape index (κ3) is 4.94. The van der Waals surface area contributed by atoms with Crippen molar-refractivity contribution in [1.29, 1.82) is 0 Å². The molecule has 0 aliphatic carbocycles. The first-order chi connectivity index (χ1) is 13.5. The van der Waals surface area contributed by atoms with Crippen LogP contribution in [0.1, 0.15) is 0 Å². The summed E-state index contributed by atoms with van der Waals surface area (Å²) < 4.78 is 37.2. The van der Waals surface area contributed by atoms with Crippen LogP contribution in [0.3, 0.4) is 0 Å². The zero-order chi connectivity index (χ0) is 19.9. The molecule has 0 bridgehead atoms. The number of para-hydroxylation sites is 2. The second-order valence-electron chi connectivity index (χ2n) is 5.67. The maximum Gasteiger partial charge on any atom is 0.262 e. The molecule has 0 radical (unpaired) electrons. The summed E-state index contributed by atoms with van der Waals surface area (Å²) in [7, 11) is 1.52. The molecule has 0 unspecified atom stereocenters. The summed E-state index contributed by atoms with van der Waals surface area (Å²) in [5.74, 6) is -0.441. The average molecular weight is 385 g/mol. The van der Waals surface area contributed by atoms with Gasteiger partial charge >= 0.3 is 0 Å². The van der Waals surface area contributed by atoms with E-state index in [4.69, 9.17) is 9.47 Å². The molecule has 0 aliphatic heterocycles. The second kappa shape index (κ2) is 8.81. The number of halogens is 2. The number of ether oxygens (including phenoxy) is 2. The molecule has 1 aromatic heterocycles. The molecule has 8 heteroatoms. The van der Waals surface area contributed by atoms with E-state index in [-0.39, 0.29) is 18.2 Å². The van der Waals surface area contributed by atoms with Gasteiger partial charge in [0.2, 0.25) is 0 Å². The molecule has 2 N–H and O–H groups in total. The lowest BCUT2D eigenvalue weighted by molar-refractivity contribution is -0.118. The van der Waals surface area contributed by atoms with Gasteiger partial charge in [0.15, 0.2) is 18.1 Å². The number of carbonyl (C=O) groups excluding carboxylic acids is 1. The van der Waals surface area contributed by atoms with E-state index in [0.717, 1.165) is 12.1 Å². The molecule has 28 heavy (non-hydrogen) atoms. The number of amides is 1. The molecule has 1 heterocycles. The van der Waals surface area contributed by atoms with Crippen molar-refractivity contribution in [3.63, 3.8) is 0 Å². The van der Waals surface area contributed by atoms with Crippen molar-refractivity contribution in [2.24, 2.45) is 0 Å². The number of hydrogen-bond donors (Lipinski definition) is 2. The summed E-state index contributed by atoms with van der Waals surface area (Å²) in [4.78, 5) is 16.1. The van der Waals surface area contributed by atoms with Gasteiger partial charge in [0, 0.05) is 6.07 Å². The second-order valence-corrected chi connectivity index (χ2v) is 5.67. The van der Waals surface area contributed by atoms with Crippen LogP contribution in [-0.4, -0.2) is 24.6 Å². The van der Waals surface area contributed by atoms with E-state index in [9.17, 15) is 13.6 Å². The third-order valence-corrected chi connectivity index (χ3v) is 3.67. The largest absolute Gasteiger partial charge is 0.493 e. The van der Waals surface area contributed by atoms with Crippen LogP contribution in [0.15, 0.2) is 60.8 Å². The van der Waals surface area contributed by atoms with E-state index in [0.29, 0.717) is 23.0 Å². The number of hydrogen-bond acceptors (Lipinski definition) is 5. The highest BCUT2D eigenvalue weighted by Crippen LogP contribution is 2.25. The van der Waals surface area contributed by atoms with Crippen LogP contribution in [0.25, 0.3) is 0 Å². The topological polar surface area (TPSA) is 72.5 Å². The Labute approximate surface area is 160 Å². The first kappa shape index (κ1) is 19.1. The number of nitrogens with zero attached hydrogens (tertiary/aromatic N) is 1. The summed E-state index contributed by atoms with van der Waals surface area (Å²) in [5.41, 5.74) is 0.537. The average Bonchev–Trinajstić information content (AvgIpc) is 2.70. The molecule has 3 rings (SSSR count). The molecule has 0 aliphatic rings. The Bertz CT molecular complexity index is 965. The highest BCUT2D eigenvalue weighted by Gasteiger charge is 2.08. The van der Waals surface area contributed by atoms with Crippen LogP contribution in [0.5, 0.6) is 11.5 Å². The lowest BCUT2D eigenvalue weighted by Gasteiger charge is -2.11. The molecule has 0 atom stereocenters. The number of pyridine rings is 1. The highest BCUT2D eigenvalue weighted by atomic mass is 19.1. The van der Waals surface area contributed by atoms with Crippen LogP contribution in [0.4, 0.5) is 26.0 Å². The minimum absolute atomic E-state index is 0.0934. The Balaban J connectivity index is 1.55. The molecular formula is C20H17F2N3O3. The molecule has 0 fully saturated rings. The van der Waals surface area contributed by atoms with Gasteiger partial charge in [-0.2, -0.15) is 0 Å². The zero-order valence-electron chi connectivity index (χ0n) is 14.9. The molecular weight excluding hydrogens is 368 g/mol. The van der Waals surface area contributed by atoms with Crippen molar-refractivity contribution in [2.75, 3.05) is 24.4 Å². The fourth-order valence-corrected chi connectivity index (χ4v) is 2.35. The molecule has 3 aromatic rings. The summed E-state index contributed by atoms with van der Waals surface area (Å²) in [6.07, 6.45) is 1.41. The summed E-state index contributed by atoms with van der Waals surface area (Å²) >= 11 is 0. The van der Waals surface area contributed by atoms with Gasteiger partial charge in [-0.25, -0.2) is 13.8 Å². The number of anilines is 3. The van der Waals surface area contributed by atoms with E-state index in [1.807, 2.05) is 0 Å². The summed E-state index contributed by atoms with van der Waals surface area (Å²) in [5, 5.41) is 5.38. The maximum absolute atomic E-state index is 13.7. The fraction of sp³-hybridized carbons (Fsp3) is 0.100. The number of aromatic nitrogens is 1. The number of carbonyl (C=O) groups is 1. The van der Waals surface area contributed by atoms with Gasteiger partial charge in [-0.05, 0) is 36.4 Å². The SMILES string of the molecule is COc1ccccc1OCC(=O)Nc1ccc(Nc2ccc(F)cc2F)nc1. The Morgan fingerprint density at radius 1 is 1.07 bits per heavy atom. The Morgan fingerprint density at radius 3 is 2.54 bits per heavy atom. The van der Waals surface area contributed by atoms with Gasteiger partial charge < -0.3 is 20.1 Å². The number of nitrogens with one attached hydrogen (secondary N) is 2. The molecule has 144 valence electrons. The number of methoxy groups -OCH3 is 1. The van der Waals surface area contributed by atoms with Crippen LogP contribution in [-0.2, 0) is 4.79 Å².